The maximum atomic E-state index is 12.1. The highest BCUT2D eigenvalue weighted by molar-refractivity contribution is 9.12. The highest BCUT2D eigenvalue weighted by atomic mass is 79.9. The van der Waals surface area contributed by atoms with Crippen molar-refractivity contribution in [3.05, 3.63) is 106 Å². The molecule has 15 heteroatoms. The molecule has 0 aliphatic rings. The lowest BCUT2D eigenvalue weighted by molar-refractivity contribution is -0.114. The van der Waals surface area contributed by atoms with Crippen LogP contribution in [-0.4, -0.2) is 38.8 Å². The molecule has 5 rings (SSSR count). The van der Waals surface area contributed by atoms with E-state index in [9.17, 15) is 22.9 Å². The number of carbonyl (C=O) groups is 1. The van der Waals surface area contributed by atoms with E-state index in [-0.39, 0.29) is 51.6 Å². The van der Waals surface area contributed by atoms with Crippen LogP contribution < -0.4 is 11.1 Å². The topological polar surface area (TPSA) is 193 Å². The predicted molar refractivity (Wildman–Crippen MR) is 175 cm³/mol. The second-order valence-electron chi connectivity index (χ2n) is 9.70. The van der Waals surface area contributed by atoms with Crippen molar-refractivity contribution in [2.24, 2.45) is 10.2 Å². The zero-order valence-electron chi connectivity index (χ0n) is 23.1. The van der Waals surface area contributed by atoms with E-state index in [0.717, 1.165) is 10.9 Å². The molecule has 5 aromatic rings. The number of carbonyl (C=O) groups excluding carboxylic acids is 1. The number of azo groups is 1. The number of ketones is 1. The summed E-state index contributed by atoms with van der Waals surface area (Å²) in [7, 11) is -4.69. The number of Topliss-reactive ketones (excluding diaryl/α,β-unsaturated/α-hetero) is 1. The number of nitrogens with two attached hydrogens (primary N) is 1. The smallest absolute Gasteiger partial charge is 0.296 e. The Kier molecular flexibility index (Phi) is 9.20. The molecule has 0 bridgehead atoms. The zero-order valence-corrected chi connectivity index (χ0v) is 26.3. The molecule has 0 aliphatic carbocycles. The summed E-state index contributed by atoms with van der Waals surface area (Å²) in [5.41, 5.74) is 8.48. The van der Waals surface area contributed by atoms with Crippen LogP contribution in [0.1, 0.15) is 17.0 Å². The van der Waals surface area contributed by atoms with Crippen molar-refractivity contribution < 1.29 is 22.9 Å². The summed E-state index contributed by atoms with van der Waals surface area (Å²) < 4.78 is 34.2. The Morgan fingerprint density at radius 3 is 2.44 bits per heavy atom. The quantitative estimate of drug-likeness (QED) is 0.0509. The molecule has 0 saturated carbocycles. The van der Waals surface area contributed by atoms with Crippen LogP contribution in [0.2, 0.25) is 5.28 Å². The molecule has 0 unspecified atom stereocenters. The van der Waals surface area contributed by atoms with Crippen molar-refractivity contribution in [2.75, 3.05) is 11.1 Å². The van der Waals surface area contributed by atoms with Crippen LogP contribution in [-0.2, 0) is 27.8 Å². The number of nitrogens with zero attached hydrogens (tertiary/aromatic N) is 5. The van der Waals surface area contributed by atoms with Crippen molar-refractivity contribution in [1.29, 1.82) is 0 Å². The molecule has 5 N–H and O–H groups in total. The highest BCUT2D eigenvalue weighted by Gasteiger charge is 2.19. The number of halogens is 2. The number of aromatic hydroxyl groups is 1. The van der Waals surface area contributed by atoms with E-state index < -0.39 is 15.0 Å². The Balaban J connectivity index is 1.34. The van der Waals surface area contributed by atoms with E-state index in [0.29, 0.717) is 28.0 Å². The first-order valence-corrected chi connectivity index (χ1v) is 15.6. The van der Waals surface area contributed by atoms with Crippen LogP contribution in [0.15, 0.2) is 99.0 Å². The molecule has 228 valence electrons. The van der Waals surface area contributed by atoms with E-state index in [1.54, 1.807) is 48.5 Å². The van der Waals surface area contributed by atoms with Gasteiger partial charge in [-0.15, -0.1) is 5.11 Å². The maximum absolute atomic E-state index is 12.1. The number of phenolic OH excluding ortho intramolecular Hbond substituents is 1. The monoisotopic (exact) mass is 707 g/mol. The first kappa shape index (κ1) is 31.7. The number of anilines is 3. The summed E-state index contributed by atoms with van der Waals surface area (Å²) >= 11 is 9.14. The Morgan fingerprint density at radius 1 is 1.00 bits per heavy atom. The van der Waals surface area contributed by atoms with Gasteiger partial charge in [0.1, 0.15) is 22.2 Å². The number of phenols is 1. The number of nitrogen functional groups attached to an aromatic ring is 1. The van der Waals surface area contributed by atoms with Gasteiger partial charge in [-0.2, -0.15) is 23.5 Å². The van der Waals surface area contributed by atoms with Crippen molar-refractivity contribution in [2.45, 2.75) is 17.7 Å². The van der Waals surface area contributed by atoms with E-state index >= 15 is 0 Å². The third-order valence-corrected chi connectivity index (χ3v) is 7.99. The minimum atomic E-state index is -4.69. The number of nitrogens with one attached hydrogen (secondary N) is 1. The fourth-order valence-corrected chi connectivity index (χ4v) is 5.37. The summed E-state index contributed by atoms with van der Waals surface area (Å²) in [6.07, 6.45) is 0.108. The van der Waals surface area contributed by atoms with Gasteiger partial charge in [0, 0.05) is 12.8 Å². The van der Waals surface area contributed by atoms with Crippen molar-refractivity contribution in [3.63, 3.8) is 0 Å². The van der Waals surface area contributed by atoms with Crippen LogP contribution in [0.3, 0.4) is 0 Å². The average molecular weight is 709 g/mol. The molecule has 4 aromatic carbocycles. The number of hydrogen-bond acceptors (Lipinski definition) is 11. The Labute approximate surface area is 270 Å². The number of rotatable bonds is 10. The summed E-state index contributed by atoms with van der Waals surface area (Å²) in [5.74, 6) is -0.0865. The van der Waals surface area contributed by atoms with Crippen molar-refractivity contribution in [3.8, 4) is 5.75 Å². The van der Waals surface area contributed by atoms with Crippen molar-refractivity contribution in [1.82, 2.24) is 15.0 Å². The van der Waals surface area contributed by atoms with E-state index in [1.807, 2.05) is 6.07 Å². The second-order valence-corrected chi connectivity index (χ2v) is 12.4. The molecular weight excluding hydrogens is 686 g/mol. The Morgan fingerprint density at radius 2 is 1.73 bits per heavy atom. The van der Waals surface area contributed by atoms with Crippen LogP contribution in [0.25, 0.3) is 10.8 Å². The van der Waals surface area contributed by atoms with Gasteiger partial charge in [-0.3, -0.25) is 9.35 Å². The van der Waals surface area contributed by atoms with Gasteiger partial charge in [0.15, 0.2) is 5.78 Å². The molecule has 0 aliphatic heterocycles. The summed E-state index contributed by atoms with van der Waals surface area (Å²) in [4.78, 5) is 24.1. The van der Waals surface area contributed by atoms with E-state index in [4.69, 9.17) is 17.3 Å². The molecule has 45 heavy (non-hydrogen) atoms. The molecule has 0 radical (unpaired) electrons. The zero-order chi connectivity index (χ0) is 32.3. The number of aromatic nitrogens is 3. The summed E-state index contributed by atoms with van der Waals surface area (Å²) in [6, 6.07) is 19.7. The van der Waals surface area contributed by atoms with Crippen LogP contribution in [0, 0.1) is 0 Å². The third-order valence-electron chi connectivity index (χ3n) is 6.48. The Bertz CT molecular complexity index is 2110. The van der Waals surface area contributed by atoms with Gasteiger partial charge in [0.05, 0.1) is 26.9 Å². The van der Waals surface area contributed by atoms with Crippen LogP contribution in [0.4, 0.5) is 28.7 Å². The lowest BCUT2D eigenvalue weighted by Gasteiger charge is -2.12. The highest BCUT2D eigenvalue weighted by Crippen LogP contribution is 2.38. The molecule has 0 fully saturated rings. The maximum Gasteiger partial charge on any atom is 0.296 e. The third kappa shape index (κ3) is 7.67. The van der Waals surface area contributed by atoms with Gasteiger partial charge < -0.3 is 16.2 Å². The number of benzene rings is 4. The van der Waals surface area contributed by atoms with Crippen molar-refractivity contribution >= 4 is 82.9 Å². The molecule has 0 atom stereocenters. The lowest BCUT2D eigenvalue weighted by atomic mass is 10.1. The number of hydrogen-bond donors (Lipinski definition) is 4. The van der Waals surface area contributed by atoms with Gasteiger partial charge in [-0.1, -0.05) is 43.0 Å². The van der Waals surface area contributed by atoms with Gasteiger partial charge in [-0.25, -0.2) is 4.98 Å². The number of fused-ring (bicyclic) bond motifs is 1. The summed E-state index contributed by atoms with van der Waals surface area (Å²) in [5, 5.41) is 22.8. The SMILES string of the molecule is C=C(Br)C(=O)Cc1ccc(Nc2nc(Cl)nc(Cc3ccc(N=Nc4c(N)ccc5cccc(O)c45)cc3)n2)c(S(=O)(=O)O)c1. The first-order chi connectivity index (χ1) is 21.4. The fourth-order valence-electron chi connectivity index (χ4n) is 4.36. The van der Waals surface area contributed by atoms with E-state index in [1.165, 1.54) is 18.2 Å². The van der Waals surface area contributed by atoms with Crippen LogP contribution >= 0.6 is 27.5 Å². The first-order valence-electron chi connectivity index (χ1n) is 13.0. The molecule has 0 saturated heterocycles. The lowest BCUT2D eigenvalue weighted by Crippen LogP contribution is -2.09. The van der Waals surface area contributed by atoms with Gasteiger partial charge in [0.2, 0.25) is 11.2 Å². The molecule has 1 heterocycles. The van der Waals surface area contributed by atoms with Gasteiger partial charge >= 0.3 is 0 Å². The second kappa shape index (κ2) is 13.1. The normalized spacial score (nSPS) is 11.6. The number of allylic oxidation sites excluding steroid dienone is 1. The summed E-state index contributed by atoms with van der Waals surface area (Å²) in [6.45, 7) is 3.51. The standard InChI is InChI=1S/C30H23BrClN7O5S/c1-16(31)24(41)13-18-7-12-22(25(14-18)45(42,43)44)34-30-36-26(35-29(32)37-30)15-17-5-9-20(10-6-17)38-39-28-21(33)11-8-19-3-2-4-23(40)27(19)28/h2-12,14,40H,1,13,15,33H2,(H,42,43,44)(H,34,35,36,37). The minimum absolute atomic E-state index is 0.0329. The van der Waals surface area contributed by atoms with Gasteiger partial charge in [-0.05, 0) is 80.4 Å². The molecular formula is C30H23BrClN7O5S. The van der Waals surface area contributed by atoms with Gasteiger partial charge in [0.25, 0.3) is 10.1 Å². The van der Waals surface area contributed by atoms with Crippen LogP contribution in [0.5, 0.6) is 5.75 Å². The fraction of sp³-hybridized carbons (Fsp3) is 0.0667. The molecule has 0 amide bonds. The predicted octanol–water partition coefficient (Wildman–Crippen LogP) is 6.98. The molecule has 0 spiro atoms. The average Bonchev–Trinajstić information content (AvgIpc) is 2.97. The Hall–Kier alpha value is -4.76. The minimum Gasteiger partial charge on any atom is -0.507 e. The molecule has 1 aromatic heterocycles. The largest absolute Gasteiger partial charge is 0.507 e. The van der Waals surface area contributed by atoms with E-state index in [2.05, 4.69) is 53.0 Å². The molecule has 12 nitrogen and oxygen atoms in total.